The fourth-order valence-corrected chi connectivity index (χ4v) is 2.47. The second-order valence-electron chi connectivity index (χ2n) is 4.73. The minimum atomic E-state index is -0.930. The molecule has 2 rings (SSSR count). The molecule has 1 saturated heterocycles. The van der Waals surface area contributed by atoms with Gasteiger partial charge in [-0.25, -0.2) is 4.79 Å². The van der Waals surface area contributed by atoms with Gasteiger partial charge >= 0.3 is 11.9 Å². The van der Waals surface area contributed by atoms with Crippen LogP contribution < -0.4 is 0 Å². The maximum Gasteiger partial charge on any atom is 0.328 e. The minimum absolute atomic E-state index is 0.210. The number of carboxylic acid groups (broad SMARTS) is 1. The Balaban J connectivity index is 1.97. The number of likely N-dealkylation sites (tertiary alicyclic amines) is 1. The molecule has 1 unspecified atom stereocenters. The molecule has 1 N–H and O–H groups in total. The summed E-state index contributed by atoms with van der Waals surface area (Å²) in [5, 5.41) is 8.81. The van der Waals surface area contributed by atoms with E-state index in [4.69, 9.17) is 9.84 Å². The lowest BCUT2D eigenvalue weighted by molar-refractivity contribution is -0.153. The third-order valence-corrected chi connectivity index (χ3v) is 3.52. The topological polar surface area (TPSA) is 83.9 Å². The monoisotopic (exact) mass is 255 g/mol. The highest BCUT2D eigenvalue weighted by Gasteiger charge is 2.52. The van der Waals surface area contributed by atoms with Crippen LogP contribution in [0.2, 0.25) is 0 Å². The highest BCUT2D eigenvalue weighted by atomic mass is 16.5. The number of carbonyl (C=O) groups is 3. The van der Waals surface area contributed by atoms with Gasteiger partial charge in [-0.3, -0.25) is 9.59 Å². The predicted molar refractivity (Wildman–Crippen MR) is 60.6 cm³/mol. The van der Waals surface area contributed by atoms with Crippen LogP contribution in [-0.4, -0.2) is 47.0 Å². The number of rotatable bonds is 4. The van der Waals surface area contributed by atoms with Crippen LogP contribution in [0.4, 0.5) is 0 Å². The quantitative estimate of drug-likeness (QED) is 0.728. The van der Waals surface area contributed by atoms with Gasteiger partial charge in [0.2, 0.25) is 5.91 Å². The van der Waals surface area contributed by atoms with Gasteiger partial charge in [0.1, 0.15) is 6.04 Å². The Hall–Kier alpha value is -1.59. The van der Waals surface area contributed by atoms with E-state index in [-0.39, 0.29) is 11.9 Å². The van der Waals surface area contributed by atoms with E-state index in [2.05, 4.69) is 0 Å². The van der Waals surface area contributed by atoms with Gasteiger partial charge in [0, 0.05) is 6.54 Å². The summed E-state index contributed by atoms with van der Waals surface area (Å²) in [7, 11) is 0. The Bertz CT molecular complexity index is 381. The molecule has 1 heterocycles. The molecule has 1 aliphatic carbocycles. The molecule has 0 radical (unpaired) electrons. The van der Waals surface area contributed by atoms with E-state index in [9.17, 15) is 14.4 Å². The normalized spacial score (nSPS) is 30.1. The van der Waals surface area contributed by atoms with Crippen molar-refractivity contribution in [3.63, 3.8) is 0 Å². The number of amides is 1. The third kappa shape index (κ3) is 2.32. The minimum Gasteiger partial charge on any atom is -0.481 e. The van der Waals surface area contributed by atoms with Crippen LogP contribution in [0, 0.1) is 11.8 Å². The smallest absolute Gasteiger partial charge is 0.328 e. The number of carboxylic acids is 1. The number of nitrogens with zero attached hydrogens (tertiary/aromatic N) is 1. The fourth-order valence-electron chi connectivity index (χ4n) is 2.47. The van der Waals surface area contributed by atoms with E-state index in [0.717, 1.165) is 6.42 Å². The van der Waals surface area contributed by atoms with Crippen LogP contribution >= 0.6 is 0 Å². The average Bonchev–Trinajstić information content (AvgIpc) is 2.98. The van der Waals surface area contributed by atoms with Crippen LogP contribution in [0.5, 0.6) is 0 Å². The number of aliphatic carboxylic acids is 1. The summed E-state index contributed by atoms with van der Waals surface area (Å²) in [5.41, 5.74) is 0. The Kier molecular flexibility index (Phi) is 3.54. The second-order valence-corrected chi connectivity index (χ2v) is 4.73. The highest BCUT2D eigenvalue weighted by molar-refractivity contribution is 5.92. The first-order valence-electron chi connectivity index (χ1n) is 6.26. The summed E-state index contributed by atoms with van der Waals surface area (Å²) in [4.78, 5) is 36.0. The first-order valence-corrected chi connectivity index (χ1v) is 6.26. The van der Waals surface area contributed by atoms with E-state index in [1.807, 2.05) is 0 Å². The molecule has 0 aromatic heterocycles. The van der Waals surface area contributed by atoms with Crippen molar-refractivity contribution < 1.29 is 24.2 Å². The molecule has 0 bridgehead atoms. The Labute approximate surface area is 105 Å². The van der Waals surface area contributed by atoms with Crippen LogP contribution in [0.15, 0.2) is 0 Å². The largest absolute Gasteiger partial charge is 0.481 e. The lowest BCUT2D eigenvalue weighted by Gasteiger charge is -2.23. The van der Waals surface area contributed by atoms with E-state index in [1.165, 1.54) is 4.90 Å². The first kappa shape index (κ1) is 12.9. The standard InChI is InChI=1S/C12H17NO5/c1-2-18-12(17)9-4-3-5-13(9)10(14)7-6-8(7)11(15)16/h7-9H,2-6H2,1H3,(H,15,16)/t7-,8+,9?/m1/s1. The molecule has 1 amide bonds. The molecule has 100 valence electrons. The van der Waals surface area contributed by atoms with E-state index in [1.54, 1.807) is 6.92 Å². The van der Waals surface area contributed by atoms with Crippen molar-refractivity contribution in [1.29, 1.82) is 0 Å². The van der Waals surface area contributed by atoms with Crippen LogP contribution in [0.3, 0.4) is 0 Å². The molecule has 3 atom stereocenters. The summed E-state index contributed by atoms with van der Waals surface area (Å²) in [6.07, 6.45) is 1.76. The Morgan fingerprint density at radius 3 is 2.61 bits per heavy atom. The SMILES string of the molecule is CCOC(=O)C1CCCN1C(=O)[C@@H]1C[C@@H]1C(=O)O. The molecule has 2 fully saturated rings. The third-order valence-electron chi connectivity index (χ3n) is 3.52. The van der Waals surface area contributed by atoms with Crippen LogP contribution in [-0.2, 0) is 19.1 Å². The lowest BCUT2D eigenvalue weighted by atomic mass is 10.2. The molecule has 0 aromatic carbocycles. The fraction of sp³-hybridized carbons (Fsp3) is 0.750. The van der Waals surface area contributed by atoms with Gasteiger partial charge < -0.3 is 14.7 Å². The van der Waals surface area contributed by atoms with Crippen molar-refractivity contribution >= 4 is 17.8 Å². The highest BCUT2D eigenvalue weighted by Crippen LogP contribution is 2.41. The number of hydrogen-bond acceptors (Lipinski definition) is 4. The number of carbonyl (C=O) groups excluding carboxylic acids is 2. The van der Waals surface area contributed by atoms with Crippen molar-refractivity contribution in [3.05, 3.63) is 0 Å². The molecule has 6 nitrogen and oxygen atoms in total. The van der Waals surface area contributed by atoms with E-state index in [0.29, 0.717) is 26.0 Å². The van der Waals surface area contributed by atoms with Crippen LogP contribution in [0.1, 0.15) is 26.2 Å². The summed E-state index contributed by atoms with van der Waals surface area (Å²) >= 11 is 0. The predicted octanol–water partition coefficient (Wildman–Crippen LogP) is 0.261. The number of ether oxygens (including phenoxy) is 1. The maximum atomic E-state index is 12.1. The van der Waals surface area contributed by atoms with Crippen molar-refractivity contribution in [2.24, 2.45) is 11.8 Å². The molecular weight excluding hydrogens is 238 g/mol. The van der Waals surface area contributed by atoms with Gasteiger partial charge in [-0.2, -0.15) is 0 Å². The summed E-state index contributed by atoms with van der Waals surface area (Å²) in [6, 6.07) is -0.521. The Morgan fingerprint density at radius 1 is 1.33 bits per heavy atom. The van der Waals surface area contributed by atoms with Gasteiger partial charge in [0.25, 0.3) is 0 Å². The van der Waals surface area contributed by atoms with Gasteiger partial charge in [0.15, 0.2) is 0 Å². The first-order chi connectivity index (χ1) is 8.56. The van der Waals surface area contributed by atoms with Gasteiger partial charge in [-0.05, 0) is 26.2 Å². The number of esters is 1. The molecule has 6 heteroatoms. The van der Waals surface area contributed by atoms with Gasteiger partial charge in [0.05, 0.1) is 18.4 Å². The van der Waals surface area contributed by atoms with Gasteiger partial charge in [-0.1, -0.05) is 0 Å². The summed E-state index contributed by atoms with van der Waals surface area (Å²) < 4.78 is 4.93. The average molecular weight is 255 g/mol. The van der Waals surface area contributed by atoms with Crippen molar-refractivity contribution in [1.82, 2.24) is 4.90 Å². The maximum absolute atomic E-state index is 12.1. The molecule has 0 aromatic rings. The zero-order valence-electron chi connectivity index (χ0n) is 10.3. The van der Waals surface area contributed by atoms with E-state index >= 15 is 0 Å². The van der Waals surface area contributed by atoms with Crippen molar-refractivity contribution in [2.45, 2.75) is 32.2 Å². The molecule has 1 aliphatic heterocycles. The van der Waals surface area contributed by atoms with Crippen molar-refractivity contribution in [2.75, 3.05) is 13.2 Å². The zero-order chi connectivity index (χ0) is 13.3. The molecule has 1 saturated carbocycles. The molecule has 18 heavy (non-hydrogen) atoms. The summed E-state index contributed by atoms with van der Waals surface area (Å²) in [6.45, 7) is 2.53. The van der Waals surface area contributed by atoms with Gasteiger partial charge in [-0.15, -0.1) is 0 Å². The molecule has 2 aliphatic rings. The zero-order valence-corrected chi connectivity index (χ0v) is 10.3. The summed E-state index contributed by atoms with van der Waals surface area (Å²) in [5.74, 6) is -2.53. The molecular formula is C12H17NO5. The Morgan fingerprint density at radius 2 is 2.06 bits per heavy atom. The number of hydrogen-bond donors (Lipinski definition) is 1. The van der Waals surface area contributed by atoms with Crippen LogP contribution in [0.25, 0.3) is 0 Å². The second kappa shape index (κ2) is 4.96. The molecule has 0 spiro atoms. The lowest BCUT2D eigenvalue weighted by Crippen LogP contribution is -2.42. The van der Waals surface area contributed by atoms with Crippen molar-refractivity contribution in [3.8, 4) is 0 Å². The van der Waals surface area contributed by atoms with E-state index < -0.39 is 23.8 Å².